The molecule has 1 saturated carbocycles. The zero-order valence-electron chi connectivity index (χ0n) is 11.1. The first kappa shape index (κ1) is 13.5. The van der Waals surface area contributed by atoms with Gasteiger partial charge in [0.1, 0.15) is 0 Å². The highest BCUT2D eigenvalue weighted by Crippen LogP contribution is 2.41. The van der Waals surface area contributed by atoms with Gasteiger partial charge in [0.25, 0.3) is 0 Å². The van der Waals surface area contributed by atoms with Crippen LogP contribution in [0.1, 0.15) is 47.0 Å². The van der Waals surface area contributed by atoms with E-state index in [-0.39, 0.29) is 17.4 Å². The Kier molecular flexibility index (Phi) is 4.36. The lowest BCUT2D eigenvalue weighted by atomic mass is 9.67. The molecule has 0 radical (unpaired) electrons. The summed E-state index contributed by atoms with van der Waals surface area (Å²) in [5, 5.41) is 0. The molecule has 3 heteroatoms. The first-order chi connectivity index (χ1) is 7.43. The van der Waals surface area contributed by atoms with Crippen molar-refractivity contribution >= 4 is 5.91 Å². The standard InChI is InChI=1S/C13H26N2O/c1-10(2)8-15(11(3)4)12(16)13(9-14)6-5-7-13/h10-11H,5-9,14H2,1-4H3. The maximum absolute atomic E-state index is 12.5. The van der Waals surface area contributed by atoms with Gasteiger partial charge >= 0.3 is 0 Å². The molecule has 1 aliphatic rings. The average molecular weight is 226 g/mol. The van der Waals surface area contributed by atoms with E-state index >= 15 is 0 Å². The lowest BCUT2D eigenvalue weighted by molar-refractivity contribution is -0.149. The topological polar surface area (TPSA) is 46.3 Å². The molecule has 16 heavy (non-hydrogen) atoms. The number of carbonyl (C=O) groups is 1. The van der Waals surface area contributed by atoms with Crippen LogP contribution in [0.5, 0.6) is 0 Å². The van der Waals surface area contributed by atoms with Crippen LogP contribution in [0.15, 0.2) is 0 Å². The van der Waals surface area contributed by atoms with Crippen LogP contribution >= 0.6 is 0 Å². The monoisotopic (exact) mass is 226 g/mol. The lowest BCUT2D eigenvalue weighted by Crippen LogP contribution is -2.54. The predicted molar refractivity (Wildman–Crippen MR) is 67.0 cm³/mol. The van der Waals surface area contributed by atoms with E-state index in [0.29, 0.717) is 12.5 Å². The van der Waals surface area contributed by atoms with Crippen LogP contribution in [-0.4, -0.2) is 29.9 Å². The molecular weight excluding hydrogens is 200 g/mol. The van der Waals surface area contributed by atoms with Crippen molar-refractivity contribution in [1.29, 1.82) is 0 Å². The van der Waals surface area contributed by atoms with E-state index in [4.69, 9.17) is 5.73 Å². The Hall–Kier alpha value is -0.570. The molecule has 0 unspecified atom stereocenters. The van der Waals surface area contributed by atoms with Crippen LogP contribution in [0.4, 0.5) is 0 Å². The average Bonchev–Trinajstić information content (AvgIpc) is 2.12. The minimum absolute atomic E-state index is 0.223. The van der Waals surface area contributed by atoms with E-state index in [9.17, 15) is 4.79 Å². The van der Waals surface area contributed by atoms with Crippen molar-refractivity contribution in [2.45, 2.75) is 53.0 Å². The number of hydrogen-bond donors (Lipinski definition) is 1. The fourth-order valence-electron chi connectivity index (χ4n) is 2.34. The molecule has 0 aliphatic heterocycles. The van der Waals surface area contributed by atoms with Crippen molar-refractivity contribution in [3.05, 3.63) is 0 Å². The largest absolute Gasteiger partial charge is 0.339 e. The summed E-state index contributed by atoms with van der Waals surface area (Å²) < 4.78 is 0. The molecule has 0 aromatic rings. The number of carbonyl (C=O) groups excluding carboxylic acids is 1. The summed E-state index contributed by atoms with van der Waals surface area (Å²) in [6.45, 7) is 9.83. The highest BCUT2D eigenvalue weighted by molar-refractivity contribution is 5.84. The minimum atomic E-state index is -0.223. The summed E-state index contributed by atoms with van der Waals surface area (Å²) in [4.78, 5) is 14.5. The number of nitrogens with zero attached hydrogens (tertiary/aromatic N) is 1. The Balaban J connectivity index is 2.74. The van der Waals surface area contributed by atoms with Gasteiger partial charge in [0.05, 0.1) is 5.41 Å². The maximum Gasteiger partial charge on any atom is 0.230 e. The molecular formula is C13H26N2O. The summed E-state index contributed by atoms with van der Waals surface area (Å²) in [6.07, 6.45) is 3.10. The van der Waals surface area contributed by atoms with Crippen molar-refractivity contribution in [2.75, 3.05) is 13.1 Å². The normalized spacial score (nSPS) is 18.7. The quantitative estimate of drug-likeness (QED) is 0.779. The third-order valence-corrected chi connectivity index (χ3v) is 3.60. The molecule has 2 N–H and O–H groups in total. The van der Waals surface area contributed by atoms with Gasteiger partial charge in [0, 0.05) is 19.1 Å². The third kappa shape index (κ3) is 2.57. The molecule has 0 aromatic heterocycles. The van der Waals surface area contributed by atoms with E-state index in [1.165, 1.54) is 0 Å². The zero-order valence-corrected chi connectivity index (χ0v) is 11.1. The van der Waals surface area contributed by atoms with E-state index in [0.717, 1.165) is 25.8 Å². The van der Waals surface area contributed by atoms with Crippen molar-refractivity contribution in [2.24, 2.45) is 17.1 Å². The Bertz CT molecular complexity index is 239. The molecule has 3 nitrogen and oxygen atoms in total. The van der Waals surface area contributed by atoms with Crippen LogP contribution in [0.3, 0.4) is 0 Å². The molecule has 0 heterocycles. The first-order valence-electron chi connectivity index (χ1n) is 6.44. The lowest BCUT2D eigenvalue weighted by Gasteiger charge is -2.44. The summed E-state index contributed by atoms with van der Waals surface area (Å²) in [6, 6.07) is 0.277. The minimum Gasteiger partial charge on any atom is -0.339 e. The number of rotatable bonds is 5. The Morgan fingerprint density at radius 1 is 1.31 bits per heavy atom. The van der Waals surface area contributed by atoms with Crippen molar-refractivity contribution in [1.82, 2.24) is 4.90 Å². The Morgan fingerprint density at radius 3 is 2.12 bits per heavy atom. The van der Waals surface area contributed by atoms with Gasteiger partial charge in [0.15, 0.2) is 0 Å². The van der Waals surface area contributed by atoms with E-state index in [1.807, 2.05) is 4.90 Å². The van der Waals surface area contributed by atoms with Gasteiger partial charge in [-0.1, -0.05) is 20.3 Å². The zero-order chi connectivity index (χ0) is 12.3. The Labute approximate surface area is 99.4 Å². The molecule has 1 amide bonds. The summed E-state index contributed by atoms with van der Waals surface area (Å²) >= 11 is 0. The van der Waals surface area contributed by atoms with Crippen molar-refractivity contribution in [3.8, 4) is 0 Å². The van der Waals surface area contributed by atoms with Crippen LogP contribution in [-0.2, 0) is 4.79 Å². The summed E-state index contributed by atoms with van der Waals surface area (Å²) in [5.41, 5.74) is 5.57. The van der Waals surface area contributed by atoms with E-state index in [1.54, 1.807) is 0 Å². The predicted octanol–water partition coefficient (Wildman–Crippen LogP) is 2.01. The molecule has 1 aliphatic carbocycles. The third-order valence-electron chi connectivity index (χ3n) is 3.60. The number of nitrogens with two attached hydrogens (primary N) is 1. The van der Waals surface area contributed by atoms with Gasteiger partial charge in [-0.2, -0.15) is 0 Å². The molecule has 1 fully saturated rings. The second-order valence-corrected chi connectivity index (χ2v) is 5.78. The van der Waals surface area contributed by atoms with Crippen LogP contribution in [0.25, 0.3) is 0 Å². The van der Waals surface area contributed by atoms with E-state index in [2.05, 4.69) is 27.7 Å². The SMILES string of the molecule is CC(C)CN(C(=O)C1(CN)CCC1)C(C)C. The summed E-state index contributed by atoms with van der Waals surface area (Å²) in [5.74, 6) is 0.797. The van der Waals surface area contributed by atoms with Gasteiger partial charge < -0.3 is 10.6 Å². The Morgan fingerprint density at radius 2 is 1.88 bits per heavy atom. The maximum atomic E-state index is 12.5. The van der Waals surface area contributed by atoms with Crippen LogP contribution in [0.2, 0.25) is 0 Å². The van der Waals surface area contributed by atoms with Crippen molar-refractivity contribution in [3.63, 3.8) is 0 Å². The summed E-state index contributed by atoms with van der Waals surface area (Å²) in [7, 11) is 0. The fraction of sp³-hybridized carbons (Fsp3) is 0.923. The molecule has 0 bridgehead atoms. The number of hydrogen-bond acceptors (Lipinski definition) is 2. The van der Waals surface area contributed by atoms with Gasteiger partial charge in [-0.05, 0) is 32.6 Å². The van der Waals surface area contributed by atoms with Gasteiger partial charge in [-0.25, -0.2) is 0 Å². The van der Waals surface area contributed by atoms with Crippen LogP contribution < -0.4 is 5.73 Å². The molecule has 0 saturated heterocycles. The van der Waals surface area contributed by atoms with Crippen molar-refractivity contribution < 1.29 is 4.79 Å². The second kappa shape index (κ2) is 5.17. The van der Waals surface area contributed by atoms with Gasteiger partial charge in [-0.3, -0.25) is 4.79 Å². The highest BCUT2D eigenvalue weighted by Gasteiger charge is 2.45. The van der Waals surface area contributed by atoms with Crippen LogP contribution in [0, 0.1) is 11.3 Å². The van der Waals surface area contributed by atoms with Gasteiger partial charge in [0.2, 0.25) is 5.91 Å². The molecule has 0 atom stereocenters. The molecule has 0 spiro atoms. The molecule has 1 rings (SSSR count). The smallest absolute Gasteiger partial charge is 0.230 e. The molecule has 0 aromatic carbocycles. The first-order valence-corrected chi connectivity index (χ1v) is 6.44. The van der Waals surface area contributed by atoms with Gasteiger partial charge in [-0.15, -0.1) is 0 Å². The highest BCUT2D eigenvalue weighted by atomic mass is 16.2. The second-order valence-electron chi connectivity index (χ2n) is 5.78. The van der Waals surface area contributed by atoms with E-state index < -0.39 is 0 Å². The fourth-order valence-corrected chi connectivity index (χ4v) is 2.34. The number of amides is 1. The molecule has 94 valence electrons.